The van der Waals surface area contributed by atoms with Crippen LogP contribution in [0.4, 0.5) is 11.4 Å². The van der Waals surface area contributed by atoms with Crippen molar-refractivity contribution in [3.05, 3.63) is 59.7 Å². The molecule has 3 amide bonds. The molecule has 2 aromatic rings. The Morgan fingerprint density at radius 2 is 1.24 bits per heavy atom. The van der Waals surface area contributed by atoms with Crippen LogP contribution in [-0.2, 0) is 39.7 Å². The molecule has 0 spiro atoms. The van der Waals surface area contributed by atoms with E-state index in [9.17, 15) is 35.8 Å². The zero-order chi connectivity index (χ0) is 45.1. The Kier molecular flexibility index (Phi) is 14.8. The molecule has 3 unspecified atom stereocenters. The highest BCUT2D eigenvalue weighted by Gasteiger charge is 2.44. The molecule has 6 rings (SSSR count). The number of amides is 3. The van der Waals surface area contributed by atoms with Crippen molar-refractivity contribution in [2.45, 2.75) is 68.8 Å². The fourth-order valence-electron chi connectivity index (χ4n) is 7.74. The normalized spacial score (nSPS) is 21.8. The number of hydrogen-bond donors (Lipinski definition) is 6. The monoisotopic (exact) mass is 941 g/mol. The number of benzene rings is 2. The molecule has 4 aliphatic heterocycles. The first kappa shape index (κ1) is 47.0. The molecule has 62 heavy (non-hydrogen) atoms. The number of anilines is 2. The molecule has 0 radical (unpaired) electrons. The third-order valence-corrected chi connectivity index (χ3v) is 14.7. The molecule has 4 aliphatic rings. The number of carbonyl (C=O) groups excluding carboxylic acids is 3. The predicted octanol–water partition coefficient (Wildman–Crippen LogP) is 3.22. The molecule has 2 aromatic carbocycles. The number of thiol groups is 3. The molecule has 3 N–H and O–H groups in total. The maximum atomic E-state index is 14.7. The lowest BCUT2D eigenvalue weighted by Gasteiger charge is -2.26. The molecule has 23 heteroatoms. The van der Waals surface area contributed by atoms with Gasteiger partial charge in [-0.3, -0.25) is 14.4 Å². The first-order chi connectivity index (χ1) is 29.3. The fourth-order valence-corrected chi connectivity index (χ4v) is 10.5. The van der Waals surface area contributed by atoms with Crippen LogP contribution in [0.25, 0.3) is 0 Å². The van der Waals surface area contributed by atoms with Gasteiger partial charge in [-0.05, 0) is 31.4 Å². The van der Waals surface area contributed by atoms with E-state index in [-0.39, 0.29) is 115 Å². The summed E-state index contributed by atoms with van der Waals surface area (Å²) in [7, 11) is -7.14. The minimum atomic E-state index is -3.35. The average Bonchev–Trinajstić information content (AvgIpc) is 3.75. The lowest BCUT2D eigenvalue weighted by molar-refractivity contribution is -0.121. The van der Waals surface area contributed by atoms with Crippen molar-refractivity contribution in [2.24, 2.45) is 0 Å². The Balaban J connectivity index is 1.20. The van der Waals surface area contributed by atoms with Crippen LogP contribution in [0.5, 0.6) is 23.0 Å². The molecule has 19 nitrogen and oxygen atoms in total. The smallest absolute Gasteiger partial charge is 0.259 e. The molecule has 340 valence electrons. The Morgan fingerprint density at radius 3 is 1.63 bits per heavy atom. The standard InChI is InChI=1S/C39H52N5O14PS3/c1-22-13-28-35(57-61(49)50)41-26-17-32(30(53-5)15-24(26)37(46)43(28)19-22)55-9-11-59(48,21-40-34(45)7-8-39(3,4)60)12-10-56-33-18-27-25(16-31(33)54-6)38(47)44-20-23(2)14-29(44)36(42-27)58-62(51)52/h15-18,28-29,35-36,41-42,60-62H,1-2,7-14,19-21H2,3-6H3,(H,40,45)/t28-,29+,35?,36?,59?. The van der Waals surface area contributed by atoms with E-state index in [1.807, 2.05) is 13.8 Å². The highest BCUT2D eigenvalue weighted by molar-refractivity contribution is 7.81. The van der Waals surface area contributed by atoms with Crippen LogP contribution in [0.15, 0.2) is 48.6 Å². The van der Waals surface area contributed by atoms with Crippen LogP contribution < -0.4 is 34.9 Å². The molecule has 2 saturated heterocycles. The Bertz CT molecular complexity index is 2180. The molecule has 0 saturated carbocycles. The van der Waals surface area contributed by atoms with E-state index in [1.54, 1.807) is 0 Å². The summed E-state index contributed by atoms with van der Waals surface area (Å²) < 4.78 is 94.7. The summed E-state index contributed by atoms with van der Waals surface area (Å²) in [4.78, 5) is 43.3. The zero-order valence-corrected chi connectivity index (χ0v) is 38.3. The second kappa shape index (κ2) is 19.5. The van der Waals surface area contributed by atoms with E-state index in [2.05, 4.69) is 41.7 Å². The van der Waals surface area contributed by atoms with Crippen molar-refractivity contribution in [1.82, 2.24) is 15.1 Å². The largest absolute Gasteiger partial charge is 0.493 e. The van der Waals surface area contributed by atoms with Gasteiger partial charge in [-0.1, -0.05) is 38.2 Å². The van der Waals surface area contributed by atoms with Gasteiger partial charge < -0.3 is 49.3 Å². The summed E-state index contributed by atoms with van der Waals surface area (Å²) in [5.41, 5.74) is 2.34. The van der Waals surface area contributed by atoms with Crippen LogP contribution >= 0.6 is 19.8 Å². The topological polar surface area (TPSA) is 235 Å². The van der Waals surface area contributed by atoms with Crippen molar-refractivity contribution in [3.8, 4) is 23.0 Å². The molecule has 0 aliphatic carbocycles. The van der Waals surface area contributed by atoms with E-state index in [0.717, 1.165) is 11.1 Å². The Labute approximate surface area is 368 Å². The molecular formula is C39H52N5O14PS3. The maximum Gasteiger partial charge on any atom is 0.259 e. The van der Waals surface area contributed by atoms with Crippen molar-refractivity contribution in [3.63, 3.8) is 0 Å². The highest BCUT2D eigenvalue weighted by atomic mass is 32.2. The van der Waals surface area contributed by atoms with E-state index in [1.165, 1.54) is 48.3 Å². The number of carbonyl (C=O) groups is 3. The lowest BCUT2D eigenvalue weighted by atomic mass is 10.1. The van der Waals surface area contributed by atoms with Gasteiger partial charge in [0.25, 0.3) is 33.8 Å². The molecule has 4 heterocycles. The van der Waals surface area contributed by atoms with E-state index < -0.39 is 58.4 Å². The van der Waals surface area contributed by atoms with Gasteiger partial charge in [0.05, 0.1) is 68.3 Å². The molecule has 0 bridgehead atoms. The molecule has 5 atom stereocenters. The third kappa shape index (κ3) is 11.2. The Morgan fingerprint density at radius 1 is 0.806 bits per heavy atom. The molecule has 2 fully saturated rings. The van der Waals surface area contributed by atoms with Gasteiger partial charge in [-0.25, -0.2) is 25.2 Å². The lowest BCUT2D eigenvalue weighted by Crippen LogP contribution is -2.44. The van der Waals surface area contributed by atoms with Gasteiger partial charge >= 0.3 is 0 Å². The summed E-state index contributed by atoms with van der Waals surface area (Å²) in [6, 6.07) is 4.64. The maximum absolute atomic E-state index is 14.7. The van der Waals surface area contributed by atoms with E-state index in [0.29, 0.717) is 19.3 Å². The van der Waals surface area contributed by atoms with Crippen molar-refractivity contribution >= 4 is 70.8 Å². The molecular weight excluding hydrogens is 890 g/mol. The summed E-state index contributed by atoms with van der Waals surface area (Å²) in [6.45, 7) is 11.9. The summed E-state index contributed by atoms with van der Waals surface area (Å²) in [5, 5.41) is 8.84. The number of rotatable bonds is 19. The number of nitrogens with zero attached hydrogens (tertiary/aromatic N) is 2. The van der Waals surface area contributed by atoms with Crippen molar-refractivity contribution in [1.29, 1.82) is 0 Å². The number of methoxy groups -OCH3 is 2. The van der Waals surface area contributed by atoms with Gasteiger partial charge in [-0.15, -0.1) is 0 Å². The minimum Gasteiger partial charge on any atom is -0.493 e. The number of ether oxygens (including phenoxy) is 4. The van der Waals surface area contributed by atoms with Gasteiger partial charge in [0.15, 0.2) is 35.5 Å². The summed E-state index contributed by atoms with van der Waals surface area (Å²) in [6.07, 6.45) is -1.22. The fraction of sp³-hybridized carbons (Fsp3) is 0.513. The van der Waals surface area contributed by atoms with E-state index >= 15 is 0 Å². The average molecular weight is 942 g/mol. The van der Waals surface area contributed by atoms with Crippen LogP contribution in [0.2, 0.25) is 0 Å². The third-order valence-electron chi connectivity index (χ3n) is 10.9. The van der Waals surface area contributed by atoms with E-state index in [4.69, 9.17) is 27.3 Å². The summed E-state index contributed by atoms with van der Waals surface area (Å²) in [5.74, 6) is -0.392. The Hall–Kier alpha value is -4.47. The number of nitrogens with one attached hydrogen (secondary N) is 3. The van der Waals surface area contributed by atoms with Crippen LogP contribution in [-0.4, -0.2) is 133 Å². The first-order valence-corrected chi connectivity index (χ1v) is 24.5. The van der Waals surface area contributed by atoms with Crippen molar-refractivity contribution in [2.75, 3.05) is 69.8 Å². The highest BCUT2D eigenvalue weighted by Crippen LogP contribution is 2.46. The number of fused-ring (bicyclic) bond motifs is 4. The van der Waals surface area contributed by atoms with Crippen molar-refractivity contribution < 1.29 is 63.1 Å². The van der Waals surface area contributed by atoms with Crippen LogP contribution in [0.1, 0.15) is 60.2 Å². The van der Waals surface area contributed by atoms with Gasteiger partial charge in [0.1, 0.15) is 7.14 Å². The predicted molar refractivity (Wildman–Crippen MR) is 234 cm³/mol. The first-order valence-electron chi connectivity index (χ1n) is 19.6. The SMILES string of the molecule is C=C1C[C@@H]2C(O[SH](=O)=O)Nc3cc(OCCP(=O)(CCOc4cc5c(cc4OC)C(=O)N4CC(=C)C[C@H]4C(O[SH](=O)=O)N5)CNC(=O)CCC(C)(C)S)c(OC)cc3C(=O)N2C1. The second-order valence-electron chi connectivity index (χ2n) is 16.1. The molecule has 0 aromatic heterocycles. The zero-order valence-electron chi connectivity index (χ0n) is 34.7. The van der Waals surface area contributed by atoms with Crippen LogP contribution in [0, 0.1) is 0 Å². The minimum absolute atomic E-state index is 0.0477. The summed E-state index contributed by atoms with van der Waals surface area (Å²) >= 11 is 4.50. The van der Waals surface area contributed by atoms with Gasteiger partial charge in [0.2, 0.25) is 5.91 Å². The second-order valence-corrected chi connectivity index (χ2v) is 21.9. The van der Waals surface area contributed by atoms with Gasteiger partial charge in [-0.2, -0.15) is 12.6 Å². The van der Waals surface area contributed by atoms with Gasteiger partial charge in [0, 0.05) is 48.7 Å². The van der Waals surface area contributed by atoms with Crippen LogP contribution in [0.3, 0.4) is 0 Å². The number of hydrogen-bond acceptors (Lipinski definition) is 17. The quantitative estimate of drug-likeness (QED) is 0.0674.